The number of halogens is 1. The highest BCUT2D eigenvalue weighted by Gasteiger charge is 2.05. The lowest BCUT2D eigenvalue weighted by Gasteiger charge is -2.20. The molecule has 1 heterocycles. The standard InChI is InChI=1S/C15H18FN3/c1-19(15-8-3-2-7-14(15)16)11-10-17-12-13-6-4-5-9-18-13/h2-9,17H,10-12H2,1H3. The number of rotatable bonds is 6. The van der Waals surface area contributed by atoms with Gasteiger partial charge in [-0.1, -0.05) is 18.2 Å². The molecule has 1 aromatic carbocycles. The van der Waals surface area contributed by atoms with Gasteiger partial charge in [-0.05, 0) is 24.3 Å². The minimum Gasteiger partial charge on any atom is -0.371 e. The molecule has 100 valence electrons. The summed E-state index contributed by atoms with van der Waals surface area (Å²) >= 11 is 0. The van der Waals surface area contributed by atoms with Crippen LogP contribution < -0.4 is 10.2 Å². The number of likely N-dealkylation sites (N-methyl/N-ethyl adjacent to an activating group) is 1. The van der Waals surface area contributed by atoms with Crippen molar-refractivity contribution in [1.82, 2.24) is 10.3 Å². The predicted molar refractivity (Wildman–Crippen MR) is 75.6 cm³/mol. The summed E-state index contributed by atoms with van der Waals surface area (Å²) in [5, 5.41) is 3.30. The summed E-state index contributed by atoms with van der Waals surface area (Å²) < 4.78 is 13.5. The zero-order valence-corrected chi connectivity index (χ0v) is 11.0. The molecule has 1 N–H and O–H groups in total. The van der Waals surface area contributed by atoms with Crippen LogP contribution in [0.15, 0.2) is 48.7 Å². The predicted octanol–water partition coefficient (Wildman–Crippen LogP) is 2.45. The second kappa shape index (κ2) is 6.85. The molecule has 0 aliphatic heterocycles. The van der Waals surface area contributed by atoms with E-state index in [1.165, 1.54) is 6.07 Å². The smallest absolute Gasteiger partial charge is 0.146 e. The van der Waals surface area contributed by atoms with Crippen LogP contribution in [0.1, 0.15) is 5.69 Å². The molecule has 4 heteroatoms. The summed E-state index contributed by atoms with van der Waals surface area (Å²) in [5.74, 6) is -0.185. The average molecular weight is 259 g/mol. The molecule has 3 nitrogen and oxygen atoms in total. The van der Waals surface area contributed by atoms with Crippen LogP contribution >= 0.6 is 0 Å². The first kappa shape index (κ1) is 13.5. The SMILES string of the molecule is CN(CCNCc1ccccn1)c1ccccc1F. The van der Waals surface area contributed by atoms with Crippen molar-refractivity contribution < 1.29 is 4.39 Å². The van der Waals surface area contributed by atoms with E-state index in [4.69, 9.17) is 0 Å². The molecule has 2 aromatic rings. The van der Waals surface area contributed by atoms with Crippen LogP contribution in [0.4, 0.5) is 10.1 Å². The van der Waals surface area contributed by atoms with Gasteiger partial charge in [0.2, 0.25) is 0 Å². The van der Waals surface area contributed by atoms with E-state index in [0.29, 0.717) is 5.69 Å². The molecule has 0 fully saturated rings. The molecule has 0 aliphatic carbocycles. The highest BCUT2D eigenvalue weighted by Crippen LogP contribution is 2.16. The Hall–Kier alpha value is -1.94. The third kappa shape index (κ3) is 4.03. The minimum atomic E-state index is -0.185. The third-order valence-corrected chi connectivity index (χ3v) is 2.92. The molecule has 1 aromatic heterocycles. The van der Waals surface area contributed by atoms with Gasteiger partial charge in [-0.15, -0.1) is 0 Å². The molecule has 0 bridgehead atoms. The molecule has 0 amide bonds. The number of pyridine rings is 1. The van der Waals surface area contributed by atoms with Gasteiger partial charge < -0.3 is 10.2 Å². The lowest BCUT2D eigenvalue weighted by Crippen LogP contribution is -2.29. The fourth-order valence-corrected chi connectivity index (χ4v) is 1.85. The fraction of sp³-hybridized carbons (Fsp3) is 0.267. The van der Waals surface area contributed by atoms with Crippen LogP contribution in [0, 0.1) is 5.82 Å². The Morgan fingerprint density at radius 1 is 1.16 bits per heavy atom. The van der Waals surface area contributed by atoms with Crippen LogP contribution in [0.5, 0.6) is 0 Å². The molecular formula is C15H18FN3. The molecule has 0 atom stereocenters. The first-order chi connectivity index (χ1) is 9.27. The zero-order chi connectivity index (χ0) is 13.5. The zero-order valence-electron chi connectivity index (χ0n) is 11.0. The van der Waals surface area contributed by atoms with Crippen LogP contribution in [0.3, 0.4) is 0 Å². The molecule has 0 unspecified atom stereocenters. The topological polar surface area (TPSA) is 28.2 Å². The molecule has 0 spiro atoms. The van der Waals surface area contributed by atoms with Gasteiger partial charge in [-0.3, -0.25) is 4.98 Å². The molecular weight excluding hydrogens is 241 g/mol. The second-order valence-corrected chi connectivity index (χ2v) is 4.37. The van der Waals surface area contributed by atoms with E-state index in [2.05, 4.69) is 10.3 Å². The molecule has 0 radical (unpaired) electrons. The molecule has 0 aliphatic rings. The van der Waals surface area contributed by atoms with Gasteiger partial charge in [0.05, 0.1) is 11.4 Å². The lowest BCUT2D eigenvalue weighted by atomic mass is 10.3. The number of aromatic nitrogens is 1. The lowest BCUT2D eigenvalue weighted by molar-refractivity contribution is 0.615. The van der Waals surface area contributed by atoms with E-state index in [-0.39, 0.29) is 5.82 Å². The van der Waals surface area contributed by atoms with Crippen LogP contribution in [-0.2, 0) is 6.54 Å². The summed E-state index contributed by atoms with van der Waals surface area (Å²) in [6, 6.07) is 12.7. The summed E-state index contributed by atoms with van der Waals surface area (Å²) in [7, 11) is 1.89. The van der Waals surface area contributed by atoms with Crippen molar-refractivity contribution in [1.29, 1.82) is 0 Å². The first-order valence-corrected chi connectivity index (χ1v) is 6.33. The van der Waals surface area contributed by atoms with E-state index in [1.54, 1.807) is 18.3 Å². The van der Waals surface area contributed by atoms with Gasteiger partial charge in [-0.25, -0.2) is 4.39 Å². The second-order valence-electron chi connectivity index (χ2n) is 4.37. The number of hydrogen-bond donors (Lipinski definition) is 1. The fourth-order valence-electron chi connectivity index (χ4n) is 1.85. The number of nitrogens with zero attached hydrogens (tertiary/aromatic N) is 2. The molecule has 2 rings (SSSR count). The van der Waals surface area contributed by atoms with Crippen molar-refractivity contribution in [3.8, 4) is 0 Å². The summed E-state index contributed by atoms with van der Waals surface area (Å²) in [6.45, 7) is 2.25. The van der Waals surface area contributed by atoms with Gasteiger partial charge in [0, 0.05) is 32.9 Å². The van der Waals surface area contributed by atoms with Gasteiger partial charge in [-0.2, -0.15) is 0 Å². The molecule has 0 saturated heterocycles. The Kier molecular flexibility index (Phi) is 4.86. The Bertz CT molecular complexity index is 502. The summed E-state index contributed by atoms with van der Waals surface area (Å²) in [6.07, 6.45) is 1.78. The largest absolute Gasteiger partial charge is 0.371 e. The quantitative estimate of drug-likeness (QED) is 0.808. The van der Waals surface area contributed by atoms with E-state index in [0.717, 1.165) is 25.3 Å². The number of benzene rings is 1. The normalized spacial score (nSPS) is 10.4. The van der Waals surface area contributed by atoms with Crippen LogP contribution in [0.25, 0.3) is 0 Å². The molecule has 0 saturated carbocycles. The van der Waals surface area contributed by atoms with Gasteiger partial charge in [0.1, 0.15) is 5.82 Å². The first-order valence-electron chi connectivity index (χ1n) is 6.33. The van der Waals surface area contributed by atoms with Crippen LogP contribution in [-0.4, -0.2) is 25.1 Å². The highest BCUT2D eigenvalue weighted by molar-refractivity contribution is 5.46. The van der Waals surface area contributed by atoms with Crippen molar-refractivity contribution in [3.63, 3.8) is 0 Å². The summed E-state index contributed by atoms with van der Waals surface area (Å²) in [4.78, 5) is 6.14. The van der Waals surface area contributed by atoms with E-state index in [1.807, 2.05) is 36.2 Å². The maximum atomic E-state index is 13.5. The van der Waals surface area contributed by atoms with Crippen molar-refractivity contribution in [2.45, 2.75) is 6.54 Å². The third-order valence-electron chi connectivity index (χ3n) is 2.92. The van der Waals surface area contributed by atoms with Crippen molar-refractivity contribution in [2.24, 2.45) is 0 Å². The Balaban J connectivity index is 1.76. The van der Waals surface area contributed by atoms with Gasteiger partial charge in [0.25, 0.3) is 0 Å². The maximum absolute atomic E-state index is 13.5. The minimum absolute atomic E-state index is 0.185. The number of para-hydroxylation sites is 1. The Labute approximate surface area is 113 Å². The van der Waals surface area contributed by atoms with Crippen molar-refractivity contribution in [2.75, 3.05) is 25.0 Å². The summed E-state index contributed by atoms with van der Waals surface area (Å²) in [5.41, 5.74) is 1.64. The van der Waals surface area contributed by atoms with Crippen molar-refractivity contribution in [3.05, 3.63) is 60.2 Å². The highest BCUT2D eigenvalue weighted by atomic mass is 19.1. The number of nitrogens with one attached hydrogen (secondary N) is 1. The van der Waals surface area contributed by atoms with Gasteiger partial charge in [0.15, 0.2) is 0 Å². The van der Waals surface area contributed by atoms with Crippen LogP contribution in [0.2, 0.25) is 0 Å². The maximum Gasteiger partial charge on any atom is 0.146 e. The number of anilines is 1. The number of hydrogen-bond acceptors (Lipinski definition) is 3. The van der Waals surface area contributed by atoms with Gasteiger partial charge >= 0.3 is 0 Å². The Morgan fingerprint density at radius 3 is 2.68 bits per heavy atom. The van der Waals surface area contributed by atoms with E-state index >= 15 is 0 Å². The Morgan fingerprint density at radius 2 is 1.95 bits per heavy atom. The van der Waals surface area contributed by atoms with Crippen molar-refractivity contribution >= 4 is 5.69 Å². The molecule has 19 heavy (non-hydrogen) atoms. The van der Waals surface area contributed by atoms with E-state index < -0.39 is 0 Å². The van der Waals surface area contributed by atoms with E-state index in [9.17, 15) is 4.39 Å². The average Bonchev–Trinajstić information content (AvgIpc) is 2.45. The monoisotopic (exact) mass is 259 g/mol.